The highest BCUT2D eigenvalue weighted by atomic mass is 19.1. The number of amides is 3. The van der Waals surface area contributed by atoms with Gasteiger partial charge in [0, 0.05) is 18.3 Å². The van der Waals surface area contributed by atoms with Crippen LogP contribution in [0.5, 0.6) is 0 Å². The van der Waals surface area contributed by atoms with E-state index in [9.17, 15) is 18.8 Å². The minimum absolute atomic E-state index is 0.0535. The number of anilines is 3. The maximum atomic E-state index is 14.5. The summed E-state index contributed by atoms with van der Waals surface area (Å²) < 4.78 is 14.5. The first kappa shape index (κ1) is 22.9. The fraction of sp³-hybridized carbons (Fsp3) is 0.148. The Hall–Kier alpha value is -4.26. The van der Waals surface area contributed by atoms with E-state index in [4.69, 9.17) is 0 Å². The first-order valence-electron chi connectivity index (χ1n) is 10.9. The average molecular weight is 458 g/mol. The molecule has 3 aromatic carbocycles. The molecular weight excluding hydrogens is 433 g/mol. The summed E-state index contributed by atoms with van der Waals surface area (Å²) in [5.74, 6) is -1.84. The van der Waals surface area contributed by atoms with Crippen molar-refractivity contribution < 1.29 is 18.8 Å². The zero-order valence-corrected chi connectivity index (χ0v) is 19.1. The molecule has 34 heavy (non-hydrogen) atoms. The topological polar surface area (TPSA) is 78.5 Å². The van der Waals surface area contributed by atoms with Crippen molar-refractivity contribution in [3.05, 3.63) is 95.4 Å². The lowest BCUT2D eigenvalue weighted by Crippen LogP contribution is -2.33. The summed E-state index contributed by atoms with van der Waals surface area (Å²) in [5, 5.41) is 5.74. The third kappa shape index (κ3) is 4.45. The molecule has 1 aliphatic rings. The second-order valence-electron chi connectivity index (χ2n) is 8.31. The largest absolute Gasteiger partial charge is 0.350 e. The first-order chi connectivity index (χ1) is 16.3. The van der Waals surface area contributed by atoms with Crippen LogP contribution in [0.25, 0.3) is 5.57 Å². The molecule has 0 unspecified atom stereocenters. The van der Waals surface area contributed by atoms with E-state index in [-0.39, 0.29) is 22.9 Å². The summed E-state index contributed by atoms with van der Waals surface area (Å²) >= 11 is 0. The Morgan fingerprint density at radius 2 is 1.47 bits per heavy atom. The van der Waals surface area contributed by atoms with Crippen molar-refractivity contribution in [3.63, 3.8) is 0 Å². The van der Waals surface area contributed by atoms with E-state index in [1.807, 2.05) is 24.3 Å². The van der Waals surface area contributed by atoms with E-state index in [0.29, 0.717) is 22.9 Å². The lowest BCUT2D eigenvalue weighted by Gasteiger charge is -2.16. The fourth-order valence-electron chi connectivity index (χ4n) is 3.78. The number of nitrogens with one attached hydrogen (secondary N) is 2. The highest BCUT2D eigenvalue weighted by molar-refractivity contribution is 6.46. The van der Waals surface area contributed by atoms with Gasteiger partial charge >= 0.3 is 0 Å². The lowest BCUT2D eigenvalue weighted by molar-refractivity contribution is -0.120. The highest BCUT2D eigenvalue weighted by Crippen LogP contribution is 2.35. The normalized spacial score (nSPS) is 13.6. The fourth-order valence-corrected chi connectivity index (χ4v) is 3.78. The molecule has 3 aromatic rings. The Bertz CT molecular complexity index is 1300. The SMILES string of the molecule is CC(=O)Nc1ccc(C2=C(Nc3ccc(C(C)C)cc3)C(=O)N(c3ccccc3F)C2=O)cc1. The molecule has 0 aromatic heterocycles. The zero-order chi connectivity index (χ0) is 24.4. The van der Waals surface area contributed by atoms with Crippen molar-refractivity contribution in [2.75, 3.05) is 15.5 Å². The van der Waals surface area contributed by atoms with Crippen LogP contribution in [0.4, 0.5) is 21.5 Å². The molecule has 0 saturated heterocycles. The quantitative estimate of drug-likeness (QED) is 0.492. The van der Waals surface area contributed by atoms with Gasteiger partial charge in [0.1, 0.15) is 11.5 Å². The molecule has 3 amide bonds. The molecule has 172 valence electrons. The van der Waals surface area contributed by atoms with Gasteiger partial charge in [-0.25, -0.2) is 9.29 Å². The smallest absolute Gasteiger partial charge is 0.282 e. The predicted molar refractivity (Wildman–Crippen MR) is 131 cm³/mol. The van der Waals surface area contributed by atoms with Gasteiger partial charge in [-0.3, -0.25) is 14.4 Å². The Morgan fingerprint density at radius 1 is 0.853 bits per heavy atom. The van der Waals surface area contributed by atoms with Crippen LogP contribution in [-0.2, 0) is 14.4 Å². The van der Waals surface area contributed by atoms with E-state index < -0.39 is 17.6 Å². The number of benzene rings is 3. The number of nitrogens with zero attached hydrogens (tertiary/aromatic N) is 1. The van der Waals surface area contributed by atoms with Crippen molar-refractivity contribution in [1.29, 1.82) is 0 Å². The summed E-state index contributed by atoms with van der Waals surface area (Å²) in [4.78, 5) is 39.0. The van der Waals surface area contributed by atoms with E-state index in [1.165, 1.54) is 25.1 Å². The van der Waals surface area contributed by atoms with Crippen molar-refractivity contribution >= 4 is 40.4 Å². The number of imide groups is 1. The number of halogens is 1. The standard InChI is InChI=1S/C27H24FN3O3/c1-16(2)18-8-12-21(13-9-18)30-25-24(19-10-14-20(15-11-19)29-17(3)32)26(33)31(27(25)34)23-7-5-4-6-22(23)28/h4-16,30H,1-3H3,(H,29,32). The highest BCUT2D eigenvalue weighted by Gasteiger charge is 2.41. The van der Waals surface area contributed by atoms with Crippen LogP contribution in [0.2, 0.25) is 0 Å². The molecule has 1 aliphatic heterocycles. The summed E-state index contributed by atoms with van der Waals surface area (Å²) in [6.45, 7) is 5.56. The molecule has 0 fully saturated rings. The van der Waals surface area contributed by atoms with Crippen molar-refractivity contribution in [1.82, 2.24) is 0 Å². The molecule has 0 saturated carbocycles. The van der Waals surface area contributed by atoms with E-state index in [2.05, 4.69) is 24.5 Å². The lowest BCUT2D eigenvalue weighted by atomic mass is 10.0. The van der Waals surface area contributed by atoms with E-state index in [1.54, 1.807) is 30.3 Å². The summed E-state index contributed by atoms with van der Waals surface area (Å²) in [7, 11) is 0. The van der Waals surface area contributed by atoms with Crippen LogP contribution < -0.4 is 15.5 Å². The van der Waals surface area contributed by atoms with Crippen LogP contribution in [0.15, 0.2) is 78.5 Å². The molecule has 0 radical (unpaired) electrons. The van der Waals surface area contributed by atoms with Crippen LogP contribution in [0, 0.1) is 5.82 Å². The monoisotopic (exact) mass is 457 g/mol. The van der Waals surface area contributed by atoms with Gasteiger partial charge in [0.25, 0.3) is 11.8 Å². The third-order valence-corrected chi connectivity index (χ3v) is 5.52. The van der Waals surface area contributed by atoms with Gasteiger partial charge < -0.3 is 10.6 Å². The summed E-state index contributed by atoms with van der Waals surface area (Å²) in [6, 6.07) is 19.8. The number of para-hydroxylation sites is 1. The molecule has 0 spiro atoms. The molecule has 2 N–H and O–H groups in total. The van der Waals surface area contributed by atoms with Crippen molar-refractivity contribution in [2.45, 2.75) is 26.7 Å². The van der Waals surface area contributed by atoms with Crippen molar-refractivity contribution in [3.8, 4) is 0 Å². The molecule has 7 heteroatoms. The molecule has 6 nitrogen and oxygen atoms in total. The van der Waals surface area contributed by atoms with Gasteiger partial charge in [-0.05, 0) is 53.4 Å². The average Bonchev–Trinajstić information content (AvgIpc) is 3.04. The first-order valence-corrected chi connectivity index (χ1v) is 10.9. The van der Waals surface area contributed by atoms with Crippen LogP contribution in [0.3, 0.4) is 0 Å². The molecule has 0 aliphatic carbocycles. The van der Waals surface area contributed by atoms with E-state index >= 15 is 0 Å². The molecule has 4 rings (SSSR count). The molecule has 0 bridgehead atoms. The zero-order valence-electron chi connectivity index (χ0n) is 19.1. The summed E-state index contributed by atoms with van der Waals surface area (Å²) in [6.07, 6.45) is 0. The number of hydrogen-bond acceptors (Lipinski definition) is 4. The minimum Gasteiger partial charge on any atom is -0.350 e. The molecule has 1 heterocycles. The Kier molecular flexibility index (Phi) is 6.27. The van der Waals surface area contributed by atoms with Gasteiger partial charge in [0.05, 0.1) is 11.3 Å². The molecule has 0 atom stereocenters. The number of carbonyl (C=O) groups is 3. The number of carbonyl (C=O) groups excluding carboxylic acids is 3. The van der Waals surface area contributed by atoms with Crippen LogP contribution >= 0.6 is 0 Å². The van der Waals surface area contributed by atoms with E-state index in [0.717, 1.165) is 10.5 Å². The van der Waals surface area contributed by atoms with Gasteiger partial charge in [-0.15, -0.1) is 0 Å². The van der Waals surface area contributed by atoms with Gasteiger partial charge in [-0.1, -0.05) is 50.2 Å². The maximum absolute atomic E-state index is 14.5. The minimum atomic E-state index is -0.674. The third-order valence-electron chi connectivity index (χ3n) is 5.52. The molecular formula is C27H24FN3O3. The Morgan fingerprint density at radius 3 is 2.06 bits per heavy atom. The maximum Gasteiger partial charge on any atom is 0.282 e. The van der Waals surface area contributed by atoms with Gasteiger partial charge in [0.15, 0.2) is 0 Å². The Labute approximate surface area is 197 Å². The van der Waals surface area contributed by atoms with Crippen LogP contribution in [0.1, 0.15) is 37.8 Å². The van der Waals surface area contributed by atoms with Gasteiger partial charge in [0.2, 0.25) is 5.91 Å². The predicted octanol–water partition coefficient (Wildman–Crippen LogP) is 5.30. The van der Waals surface area contributed by atoms with Gasteiger partial charge in [-0.2, -0.15) is 0 Å². The summed E-state index contributed by atoms with van der Waals surface area (Å²) in [5.41, 5.74) is 2.84. The second-order valence-corrected chi connectivity index (χ2v) is 8.31. The number of hydrogen-bond donors (Lipinski definition) is 2. The Balaban J connectivity index is 1.77. The number of rotatable bonds is 6. The second kappa shape index (κ2) is 9.31. The van der Waals surface area contributed by atoms with Crippen molar-refractivity contribution in [2.24, 2.45) is 0 Å². The van der Waals surface area contributed by atoms with Crippen LogP contribution in [-0.4, -0.2) is 17.7 Å².